The molecule has 0 radical (unpaired) electrons. The van der Waals surface area contributed by atoms with Gasteiger partial charge in [0.15, 0.2) is 0 Å². The minimum absolute atomic E-state index is 0.276. The van der Waals surface area contributed by atoms with Crippen LogP contribution in [0.25, 0.3) is 0 Å². The molecule has 0 aliphatic rings. The summed E-state index contributed by atoms with van der Waals surface area (Å²) >= 11 is 7.94. The van der Waals surface area contributed by atoms with E-state index in [4.69, 9.17) is 9.47 Å². The fraction of sp³-hybridized carbons (Fsp3) is 0.167. The van der Waals surface area contributed by atoms with E-state index in [0.717, 1.165) is 40.7 Å². The number of amides is 1. The van der Waals surface area contributed by atoms with Crippen molar-refractivity contribution in [2.24, 2.45) is 5.10 Å². The summed E-state index contributed by atoms with van der Waals surface area (Å²) in [5, 5.41) is 4.10. The molecule has 0 aliphatic carbocycles. The first-order chi connectivity index (χ1) is 15.5. The van der Waals surface area contributed by atoms with E-state index in [2.05, 4.69) is 71.6 Å². The lowest BCUT2D eigenvalue weighted by molar-refractivity contribution is 0.0955. The second-order valence-corrected chi connectivity index (χ2v) is 10.0. The average Bonchev–Trinajstić information content (AvgIpc) is 2.78. The topological polar surface area (TPSA) is 59.9 Å². The first kappa shape index (κ1) is 25.0. The van der Waals surface area contributed by atoms with E-state index in [-0.39, 0.29) is 5.91 Å². The van der Waals surface area contributed by atoms with E-state index in [1.807, 2.05) is 43.3 Å². The molecule has 1 N–H and O–H groups in total. The van der Waals surface area contributed by atoms with Gasteiger partial charge in [0.2, 0.25) is 0 Å². The Morgan fingerprint density at radius 1 is 1.03 bits per heavy atom. The van der Waals surface area contributed by atoms with Gasteiger partial charge in [-0.1, -0.05) is 35.0 Å². The van der Waals surface area contributed by atoms with Gasteiger partial charge in [-0.3, -0.25) is 4.79 Å². The highest BCUT2D eigenvalue weighted by atomic mass is 127. The fourth-order valence-corrected chi connectivity index (χ4v) is 5.07. The number of carbonyl (C=O) groups excluding carboxylic acids is 1. The number of hydrogen-bond donors (Lipinski definition) is 1. The standard InChI is InChI=1S/C24H21BrI2N2O3/c1-2-11-31-20-9-5-18(6-10-20)24(30)29-28-14-17-12-21(26)23(22(27)13-17)32-15-16-3-7-19(25)8-4-16/h3-10,12-14H,2,11,15H2,1H3,(H,29,30)/b28-14+. The van der Waals surface area contributed by atoms with Crippen LogP contribution >= 0.6 is 61.1 Å². The number of carbonyl (C=O) groups is 1. The van der Waals surface area contributed by atoms with Crippen molar-refractivity contribution in [2.45, 2.75) is 20.0 Å². The number of halogens is 3. The molecular weight excluding hydrogens is 698 g/mol. The van der Waals surface area contributed by atoms with Crippen molar-refractivity contribution in [3.63, 3.8) is 0 Å². The van der Waals surface area contributed by atoms with Crippen LogP contribution in [0, 0.1) is 7.14 Å². The van der Waals surface area contributed by atoms with Crippen molar-refractivity contribution in [1.82, 2.24) is 5.43 Å². The maximum atomic E-state index is 12.3. The number of hydrazone groups is 1. The lowest BCUT2D eigenvalue weighted by atomic mass is 10.2. The normalized spacial score (nSPS) is 10.9. The van der Waals surface area contributed by atoms with Gasteiger partial charge in [-0.15, -0.1) is 0 Å². The van der Waals surface area contributed by atoms with Gasteiger partial charge in [-0.25, -0.2) is 5.43 Å². The monoisotopic (exact) mass is 718 g/mol. The Kier molecular flexibility index (Phi) is 9.79. The predicted octanol–water partition coefficient (Wildman–Crippen LogP) is 6.79. The number of hydrogen-bond acceptors (Lipinski definition) is 4. The van der Waals surface area contributed by atoms with Gasteiger partial charge in [0, 0.05) is 10.0 Å². The average molecular weight is 719 g/mol. The van der Waals surface area contributed by atoms with Crippen LogP contribution in [0.4, 0.5) is 0 Å². The molecule has 0 atom stereocenters. The molecule has 0 heterocycles. The predicted molar refractivity (Wildman–Crippen MR) is 148 cm³/mol. The molecule has 0 aromatic heterocycles. The molecule has 3 aromatic carbocycles. The van der Waals surface area contributed by atoms with Crippen LogP contribution in [0.3, 0.4) is 0 Å². The van der Waals surface area contributed by atoms with E-state index >= 15 is 0 Å². The fourth-order valence-electron chi connectivity index (χ4n) is 2.68. The minimum atomic E-state index is -0.276. The van der Waals surface area contributed by atoms with Crippen molar-refractivity contribution in [1.29, 1.82) is 0 Å². The third-order valence-corrected chi connectivity index (χ3v) is 6.42. The smallest absolute Gasteiger partial charge is 0.271 e. The SMILES string of the molecule is CCCOc1ccc(C(=O)N/N=C/c2cc(I)c(OCc3ccc(Br)cc3)c(I)c2)cc1. The summed E-state index contributed by atoms with van der Waals surface area (Å²) in [5.41, 5.74) is 5.05. The van der Waals surface area contributed by atoms with Gasteiger partial charge in [0.25, 0.3) is 5.91 Å². The Hall–Kier alpha value is -1.66. The second kappa shape index (κ2) is 12.5. The zero-order chi connectivity index (χ0) is 22.9. The van der Waals surface area contributed by atoms with Crippen molar-refractivity contribution < 1.29 is 14.3 Å². The highest BCUT2D eigenvalue weighted by Gasteiger charge is 2.09. The molecular formula is C24H21BrI2N2O3. The van der Waals surface area contributed by atoms with E-state index < -0.39 is 0 Å². The van der Waals surface area contributed by atoms with Gasteiger partial charge in [0.05, 0.1) is 20.0 Å². The first-order valence-corrected chi connectivity index (χ1v) is 12.8. The summed E-state index contributed by atoms with van der Waals surface area (Å²) in [4.78, 5) is 12.3. The first-order valence-electron chi connectivity index (χ1n) is 9.89. The number of nitrogens with zero attached hydrogens (tertiary/aromatic N) is 1. The molecule has 0 aliphatic heterocycles. The van der Waals surface area contributed by atoms with Crippen molar-refractivity contribution in [3.05, 3.63) is 89.0 Å². The summed E-state index contributed by atoms with van der Waals surface area (Å²) in [6.45, 7) is 3.19. The van der Waals surface area contributed by atoms with Gasteiger partial charge >= 0.3 is 0 Å². The van der Waals surface area contributed by atoms with Gasteiger partial charge < -0.3 is 9.47 Å². The molecule has 0 unspecified atom stereocenters. The van der Waals surface area contributed by atoms with E-state index in [0.29, 0.717) is 18.8 Å². The van der Waals surface area contributed by atoms with Gasteiger partial charge in [0.1, 0.15) is 18.1 Å². The Morgan fingerprint density at radius 3 is 2.31 bits per heavy atom. The molecule has 3 aromatic rings. The second-order valence-electron chi connectivity index (χ2n) is 6.80. The quantitative estimate of drug-likeness (QED) is 0.151. The van der Waals surface area contributed by atoms with Crippen LogP contribution in [0.1, 0.15) is 34.8 Å². The lowest BCUT2D eigenvalue weighted by Crippen LogP contribution is -2.17. The summed E-state index contributed by atoms with van der Waals surface area (Å²) in [6, 6.07) is 19.0. The maximum absolute atomic E-state index is 12.3. The van der Waals surface area contributed by atoms with Gasteiger partial charge in [-0.05, 0) is 111 Å². The molecule has 32 heavy (non-hydrogen) atoms. The number of benzene rings is 3. The molecule has 3 rings (SSSR count). The van der Waals surface area contributed by atoms with E-state index in [1.165, 1.54) is 0 Å². The van der Waals surface area contributed by atoms with Crippen LogP contribution in [0.5, 0.6) is 11.5 Å². The minimum Gasteiger partial charge on any atom is -0.494 e. The number of nitrogens with one attached hydrogen (secondary N) is 1. The van der Waals surface area contributed by atoms with Crippen LogP contribution in [0.15, 0.2) is 70.2 Å². The van der Waals surface area contributed by atoms with E-state index in [9.17, 15) is 4.79 Å². The summed E-state index contributed by atoms with van der Waals surface area (Å²) < 4.78 is 14.6. The Morgan fingerprint density at radius 2 is 1.69 bits per heavy atom. The van der Waals surface area contributed by atoms with Crippen LogP contribution in [0.2, 0.25) is 0 Å². The lowest BCUT2D eigenvalue weighted by Gasteiger charge is -2.11. The maximum Gasteiger partial charge on any atom is 0.271 e. The molecule has 0 saturated heterocycles. The third-order valence-electron chi connectivity index (χ3n) is 4.29. The van der Waals surface area contributed by atoms with Crippen molar-refractivity contribution in [2.75, 3.05) is 6.61 Å². The highest BCUT2D eigenvalue weighted by molar-refractivity contribution is 14.1. The molecule has 0 spiro atoms. The molecule has 1 amide bonds. The number of ether oxygens (including phenoxy) is 2. The van der Waals surface area contributed by atoms with Crippen LogP contribution in [-0.2, 0) is 6.61 Å². The highest BCUT2D eigenvalue weighted by Crippen LogP contribution is 2.29. The molecule has 166 valence electrons. The molecule has 0 bridgehead atoms. The largest absolute Gasteiger partial charge is 0.494 e. The molecule has 8 heteroatoms. The van der Waals surface area contributed by atoms with Crippen molar-refractivity contribution >= 4 is 73.2 Å². The van der Waals surface area contributed by atoms with Crippen LogP contribution in [-0.4, -0.2) is 18.7 Å². The Bertz CT molecular complexity index is 1060. The molecule has 0 saturated carbocycles. The zero-order valence-corrected chi connectivity index (χ0v) is 23.2. The Labute approximate surface area is 223 Å². The number of rotatable bonds is 9. The van der Waals surface area contributed by atoms with Crippen LogP contribution < -0.4 is 14.9 Å². The molecule has 0 fully saturated rings. The zero-order valence-electron chi connectivity index (χ0n) is 17.3. The Balaban J connectivity index is 1.58. The summed E-state index contributed by atoms with van der Waals surface area (Å²) in [6.07, 6.45) is 2.56. The summed E-state index contributed by atoms with van der Waals surface area (Å²) in [5.74, 6) is 1.31. The molecule has 5 nitrogen and oxygen atoms in total. The summed E-state index contributed by atoms with van der Waals surface area (Å²) in [7, 11) is 0. The van der Waals surface area contributed by atoms with Crippen molar-refractivity contribution in [3.8, 4) is 11.5 Å². The van der Waals surface area contributed by atoms with E-state index in [1.54, 1.807) is 30.5 Å². The third kappa shape index (κ3) is 7.45. The van der Waals surface area contributed by atoms with Gasteiger partial charge in [-0.2, -0.15) is 5.10 Å².